The number of hydrogen-bond donors (Lipinski definition) is 3. The Labute approximate surface area is 260 Å². The van der Waals surface area contributed by atoms with Crippen LogP contribution >= 0.6 is 0 Å². The average molecular weight is 635 g/mol. The van der Waals surface area contributed by atoms with Gasteiger partial charge in [0.15, 0.2) is 0 Å². The molecule has 2 aromatic rings. The average Bonchev–Trinajstić information content (AvgIpc) is 2.98. The molecule has 3 amide bonds. The minimum atomic E-state index is -3.45. The molecule has 0 radical (unpaired) electrons. The molecule has 3 N–H and O–H groups in total. The first-order chi connectivity index (χ1) is 20.8. The number of carbonyl (C=O) groups is 2. The summed E-state index contributed by atoms with van der Waals surface area (Å²) in [5.74, 6) is 0.353. The molecule has 0 spiro atoms. The number of aliphatic hydroxyl groups is 1. The topological polar surface area (TPSA) is 147 Å². The largest absolute Gasteiger partial charge is 0.497 e. The van der Waals surface area contributed by atoms with E-state index in [1.54, 1.807) is 61.4 Å². The number of nitrogens with one attached hydrogen (secondary N) is 2. The van der Waals surface area contributed by atoms with Gasteiger partial charge in [0.2, 0.25) is 10.0 Å². The van der Waals surface area contributed by atoms with Crippen molar-refractivity contribution in [2.75, 3.05) is 57.4 Å². The molecular formula is C31H46N4O8S. The van der Waals surface area contributed by atoms with Crippen molar-refractivity contribution >= 4 is 33.3 Å². The Morgan fingerprint density at radius 2 is 1.80 bits per heavy atom. The van der Waals surface area contributed by atoms with Crippen molar-refractivity contribution in [1.29, 1.82) is 0 Å². The molecule has 12 nitrogen and oxygen atoms in total. The number of ether oxygens (including phenoxy) is 3. The molecule has 1 heterocycles. The molecule has 3 rings (SSSR count). The summed E-state index contributed by atoms with van der Waals surface area (Å²) in [6, 6.07) is 10.7. The van der Waals surface area contributed by atoms with Gasteiger partial charge in [-0.2, -0.15) is 0 Å². The Bertz CT molecular complexity index is 1350. The summed E-state index contributed by atoms with van der Waals surface area (Å²) in [6.07, 6.45) is 2.73. The summed E-state index contributed by atoms with van der Waals surface area (Å²) in [5, 5.41) is 15.6. The first-order valence-electron chi connectivity index (χ1n) is 14.8. The highest BCUT2D eigenvalue weighted by Crippen LogP contribution is 2.29. The third-order valence-electron chi connectivity index (χ3n) is 7.66. The van der Waals surface area contributed by atoms with Crippen LogP contribution in [0, 0.1) is 5.92 Å². The zero-order valence-corrected chi connectivity index (χ0v) is 27.2. The third kappa shape index (κ3) is 10.1. The standard InChI is InChI=1S/C31H46N4O8S/c1-21-18-35(22(2)20-36)30(37)27-17-25(33-31(38)32-24-10-13-26(41-5)14-11-24)12-15-28(27)43-23(3)9-7-8-16-42-29(21)19-34(4)44(6,39)40/h10-15,17,21-23,29,36H,7-9,16,18-20H2,1-6H3,(H2,32,33,38)/t21-,22+,23-,29+/m1/s1. The molecule has 0 unspecified atom stereocenters. The van der Waals surface area contributed by atoms with Crippen LogP contribution in [0.5, 0.6) is 11.5 Å². The molecule has 1 aliphatic rings. The van der Waals surface area contributed by atoms with Crippen molar-refractivity contribution in [3.63, 3.8) is 0 Å². The summed E-state index contributed by atoms with van der Waals surface area (Å²) in [7, 11) is -0.382. The molecule has 0 fully saturated rings. The molecule has 0 saturated heterocycles. The fourth-order valence-corrected chi connectivity index (χ4v) is 5.24. The number of methoxy groups -OCH3 is 1. The Morgan fingerprint density at radius 1 is 1.14 bits per heavy atom. The smallest absolute Gasteiger partial charge is 0.323 e. The molecular weight excluding hydrogens is 588 g/mol. The quantitative estimate of drug-likeness (QED) is 0.395. The molecule has 0 aliphatic carbocycles. The SMILES string of the molecule is COc1ccc(NC(=O)Nc2ccc3c(c2)C(=O)N([C@@H](C)CO)C[C@@H](C)[C@H](CN(C)S(C)(=O)=O)OCCCC[C@@H](C)O3)cc1. The lowest BCUT2D eigenvalue weighted by Crippen LogP contribution is -2.47. The van der Waals surface area contributed by atoms with Gasteiger partial charge in [-0.3, -0.25) is 4.79 Å². The summed E-state index contributed by atoms with van der Waals surface area (Å²) in [6.45, 7) is 6.03. The first kappa shape index (κ1) is 35.1. The number of benzene rings is 2. The molecule has 244 valence electrons. The van der Waals surface area contributed by atoms with Gasteiger partial charge >= 0.3 is 6.03 Å². The van der Waals surface area contributed by atoms with Crippen LogP contribution in [0.2, 0.25) is 0 Å². The number of sulfonamides is 1. The van der Waals surface area contributed by atoms with Crippen LogP contribution in [0.25, 0.3) is 0 Å². The van der Waals surface area contributed by atoms with Crippen LogP contribution in [-0.2, 0) is 14.8 Å². The van der Waals surface area contributed by atoms with Gasteiger partial charge in [0.05, 0.1) is 43.8 Å². The molecule has 4 atom stereocenters. The van der Waals surface area contributed by atoms with Crippen molar-refractivity contribution in [2.24, 2.45) is 5.92 Å². The van der Waals surface area contributed by atoms with Crippen LogP contribution in [0.1, 0.15) is 50.4 Å². The number of amides is 3. The van der Waals surface area contributed by atoms with E-state index in [4.69, 9.17) is 14.2 Å². The fourth-order valence-electron chi connectivity index (χ4n) is 4.82. The third-order valence-corrected chi connectivity index (χ3v) is 8.94. The summed E-state index contributed by atoms with van der Waals surface area (Å²) >= 11 is 0. The normalized spacial score (nSPS) is 21.0. The second-order valence-corrected chi connectivity index (χ2v) is 13.5. The number of carbonyl (C=O) groups excluding carboxylic acids is 2. The van der Waals surface area contributed by atoms with Crippen molar-refractivity contribution < 1.29 is 37.3 Å². The van der Waals surface area contributed by atoms with Gasteiger partial charge in [-0.25, -0.2) is 17.5 Å². The zero-order chi connectivity index (χ0) is 32.4. The number of urea groups is 1. The summed E-state index contributed by atoms with van der Waals surface area (Å²) in [5.41, 5.74) is 1.17. The molecule has 13 heteroatoms. The van der Waals surface area contributed by atoms with Gasteiger partial charge in [0.1, 0.15) is 11.5 Å². The maximum Gasteiger partial charge on any atom is 0.323 e. The predicted octanol–water partition coefficient (Wildman–Crippen LogP) is 4.03. The number of nitrogens with zero attached hydrogens (tertiary/aromatic N) is 2. The molecule has 2 aromatic carbocycles. The maximum atomic E-state index is 14.2. The van der Waals surface area contributed by atoms with Crippen molar-refractivity contribution in [3.8, 4) is 11.5 Å². The minimum Gasteiger partial charge on any atom is -0.497 e. The van der Waals surface area contributed by atoms with Gasteiger partial charge < -0.3 is 34.9 Å². The number of aliphatic hydroxyl groups excluding tert-OH is 1. The van der Waals surface area contributed by atoms with Crippen molar-refractivity contribution in [2.45, 2.75) is 58.3 Å². The highest BCUT2D eigenvalue weighted by atomic mass is 32.2. The Kier molecular flexibility index (Phi) is 12.8. The molecule has 0 aromatic heterocycles. The summed E-state index contributed by atoms with van der Waals surface area (Å²) in [4.78, 5) is 28.5. The Hall–Kier alpha value is -3.39. The second kappa shape index (κ2) is 16.1. The lowest BCUT2D eigenvalue weighted by molar-refractivity contribution is -0.00828. The number of anilines is 2. The number of fused-ring (bicyclic) bond motifs is 1. The van der Waals surface area contributed by atoms with Crippen LogP contribution in [0.4, 0.5) is 16.2 Å². The van der Waals surface area contributed by atoms with Gasteiger partial charge in [0, 0.05) is 44.0 Å². The monoisotopic (exact) mass is 634 g/mol. The Balaban J connectivity index is 1.93. The summed E-state index contributed by atoms with van der Waals surface area (Å²) < 4.78 is 43.2. The lowest BCUT2D eigenvalue weighted by atomic mass is 10.0. The number of rotatable bonds is 8. The van der Waals surface area contributed by atoms with E-state index in [0.29, 0.717) is 35.9 Å². The van der Waals surface area contributed by atoms with Gasteiger partial charge in [-0.15, -0.1) is 0 Å². The van der Waals surface area contributed by atoms with E-state index in [0.717, 1.165) is 19.1 Å². The maximum absolute atomic E-state index is 14.2. The Morgan fingerprint density at radius 3 is 2.43 bits per heavy atom. The van der Waals surface area contributed by atoms with E-state index in [9.17, 15) is 23.1 Å². The van der Waals surface area contributed by atoms with Gasteiger partial charge in [-0.05, 0) is 75.6 Å². The molecule has 0 saturated carbocycles. The predicted molar refractivity (Wildman–Crippen MR) is 170 cm³/mol. The highest BCUT2D eigenvalue weighted by Gasteiger charge is 2.31. The zero-order valence-electron chi connectivity index (χ0n) is 26.4. The lowest BCUT2D eigenvalue weighted by Gasteiger charge is -2.35. The van der Waals surface area contributed by atoms with Crippen LogP contribution < -0.4 is 20.1 Å². The van der Waals surface area contributed by atoms with Crippen molar-refractivity contribution in [3.05, 3.63) is 48.0 Å². The van der Waals surface area contributed by atoms with E-state index >= 15 is 0 Å². The van der Waals surface area contributed by atoms with Crippen LogP contribution in [-0.4, -0.2) is 99.6 Å². The molecule has 1 aliphatic heterocycles. The van der Waals surface area contributed by atoms with Crippen LogP contribution in [0.15, 0.2) is 42.5 Å². The van der Waals surface area contributed by atoms with Gasteiger partial charge in [-0.1, -0.05) is 6.92 Å². The van der Waals surface area contributed by atoms with Gasteiger partial charge in [0.25, 0.3) is 5.91 Å². The van der Waals surface area contributed by atoms with E-state index in [2.05, 4.69) is 10.6 Å². The first-order valence-corrected chi connectivity index (χ1v) is 16.6. The number of likely N-dealkylation sites (N-methyl/N-ethyl adjacent to an activating group) is 1. The molecule has 44 heavy (non-hydrogen) atoms. The van der Waals surface area contributed by atoms with E-state index in [1.807, 2.05) is 13.8 Å². The number of hydrogen-bond acceptors (Lipinski definition) is 8. The van der Waals surface area contributed by atoms with Crippen LogP contribution in [0.3, 0.4) is 0 Å². The minimum absolute atomic E-state index is 0.128. The van der Waals surface area contributed by atoms with Crippen molar-refractivity contribution in [1.82, 2.24) is 9.21 Å². The van der Waals surface area contributed by atoms with E-state index in [-0.39, 0.29) is 37.3 Å². The second-order valence-electron chi connectivity index (χ2n) is 11.4. The fraction of sp³-hybridized carbons (Fsp3) is 0.548. The molecule has 0 bridgehead atoms. The highest BCUT2D eigenvalue weighted by molar-refractivity contribution is 7.88. The van der Waals surface area contributed by atoms with E-state index < -0.39 is 34.1 Å². The van der Waals surface area contributed by atoms with E-state index in [1.165, 1.54) is 11.4 Å².